The van der Waals surface area contributed by atoms with Crippen LogP contribution in [0.5, 0.6) is 0 Å². The van der Waals surface area contributed by atoms with Crippen LogP contribution in [0.2, 0.25) is 0 Å². The van der Waals surface area contributed by atoms with Crippen molar-refractivity contribution in [2.45, 2.75) is 24.8 Å². The molecule has 0 aromatic carbocycles. The molecule has 0 bridgehead atoms. The van der Waals surface area contributed by atoms with E-state index in [2.05, 4.69) is 30.1 Å². The highest BCUT2D eigenvalue weighted by Gasteiger charge is 2.37. The van der Waals surface area contributed by atoms with E-state index < -0.39 is 0 Å². The van der Waals surface area contributed by atoms with E-state index in [1.54, 1.807) is 0 Å². The van der Waals surface area contributed by atoms with Crippen LogP contribution in [0.1, 0.15) is 19.3 Å². The van der Waals surface area contributed by atoms with Crippen LogP contribution in [-0.2, 0) is 0 Å². The molecule has 2 heteroatoms. The Morgan fingerprint density at radius 1 is 1.46 bits per heavy atom. The van der Waals surface area contributed by atoms with E-state index in [1.165, 1.54) is 11.1 Å². The molecular weight excluding hydrogens is 160 g/mol. The van der Waals surface area contributed by atoms with Gasteiger partial charge in [0.05, 0.1) is 11.9 Å². The topological polar surface area (TPSA) is 15.6 Å². The third-order valence-electron chi connectivity index (χ3n) is 3.01. The smallest absolute Gasteiger partial charge is 0.0855 e. The molecule has 1 unspecified atom stereocenters. The molecule has 2 rings (SSSR count). The first-order valence-electron chi connectivity index (χ1n) is 4.73. The average Bonchev–Trinajstić information content (AvgIpc) is 2.42. The maximum absolute atomic E-state index is 4.59. The lowest BCUT2D eigenvalue weighted by atomic mass is 9.78. The number of hydrogen-bond acceptors (Lipinski definition) is 2. The second-order valence-electron chi connectivity index (χ2n) is 4.27. The van der Waals surface area contributed by atoms with Crippen molar-refractivity contribution in [3.8, 4) is 0 Å². The second-order valence-corrected chi connectivity index (χ2v) is 4.27. The van der Waals surface area contributed by atoms with Crippen molar-refractivity contribution in [3.05, 3.63) is 24.3 Å². The molecule has 0 aromatic rings. The summed E-state index contributed by atoms with van der Waals surface area (Å²) in [6.07, 6.45) is 5.13. The maximum atomic E-state index is 4.59. The summed E-state index contributed by atoms with van der Waals surface area (Å²) in [7, 11) is 2.07. The summed E-state index contributed by atoms with van der Waals surface area (Å²) < 4.78 is 0. The van der Waals surface area contributed by atoms with Gasteiger partial charge in [0.25, 0.3) is 0 Å². The average molecular weight is 176 g/mol. The summed E-state index contributed by atoms with van der Waals surface area (Å²) in [5.41, 5.74) is 2.54. The summed E-state index contributed by atoms with van der Waals surface area (Å²) in [5, 5.41) is 0. The first kappa shape index (κ1) is 8.54. The Morgan fingerprint density at radius 3 is 2.77 bits per heavy atom. The Kier molecular flexibility index (Phi) is 1.79. The summed E-state index contributed by atoms with van der Waals surface area (Å²) >= 11 is 0. The number of rotatable bonds is 0. The molecule has 0 radical (unpaired) electrons. The molecular formula is C11H16N2. The SMILES string of the molecule is C=C1CCC2(CC1=C)CN(C)C=N2. The van der Waals surface area contributed by atoms with Crippen molar-refractivity contribution in [2.75, 3.05) is 13.6 Å². The van der Waals surface area contributed by atoms with Gasteiger partial charge in [-0.3, -0.25) is 4.99 Å². The standard InChI is InChI=1S/C11H16N2/c1-9-4-5-11(6-10(9)2)7-13(3)8-12-11/h8H,1-2,4-7H2,3H3. The molecule has 2 aliphatic rings. The fourth-order valence-electron chi connectivity index (χ4n) is 2.18. The molecule has 1 heterocycles. The molecule has 0 N–H and O–H groups in total. The number of hydrogen-bond donors (Lipinski definition) is 0. The summed E-state index contributed by atoms with van der Waals surface area (Å²) in [6.45, 7) is 9.09. The lowest BCUT2D eigenvalue weighted by Gasteiger charge is -2.33. The molecule has 1 atom stereocenters. The van der Waals surface area contributed by atoms with Crippen molar-refractivity contribution in [1.29, 1.82) is 0 Å². The predicted octanol–water partition coefficient (Wildman–Crippen LogP) is 2.00. The highest BCUT2D eigenvalue weighted by Crippen LogP contribution is 2.38. The van der Waals surface area contributed by atoms with Crippen molar-refractivity contribution in [2.24, 2.45) is 4.99 Å². The second kappa shape index (κ2) is 2.72. The van der Waals surface area contributed by atoms with Crippen LogP contribution in [0.25, 0.3) is 0 Å². The van der Waals surface area contributed by atoms with E-state index in [0.29, 0.717) is 0 Å². The Hall–Kier alpha value is -1.05. The van der Waals surface area contributed by atoms with Gasteiger partial charge in [-0.2, -0.15) is 0 Å². The molecule has 0 amide bonds. The zero-order valence-corrected chi connectivity index (χ0v) is 8.21. The Labute approximate surface area is 79.7 Å². The lowest BCUT2D eigenvalue weighted by molar-refractivity contribution is 0.335. The predicted molar refractivity (Wildman–Crippen MR) is 56.0 cm³/mol. The largest absolute Gasteiger partial charge is 0.364 e. The molecule has 13 heavy (non-hydrogen) atoms. The van der Waals surface area contributed by atoms with Gasteiger partial charge in [-0.15, -0.1) is 0 Å². The van der Waals surface area contributed by atoms with Crippen LogP contribution in [0, 0.1) is 0 Å². The molecule has 1 saturated carbocycles. The maximum Gasteiger partial charge on any atom is 0.0855 e. The van der Waals surface area contributed by atoms with Gasteiger partial charge in [-0.25, -0.2) is 0 Å². The third-order valence-corrected chi connectivity index (χ3v) is 3.01. The molecule has 70 valence electrons. The van der Waals surface area contributed by atoms with E-state index in [1.807, 2.05) is 6.34 Å². The van der Waals surface area contributed by atoms with E-state index in [-0.39, 0.29) is 5.54 Å². The zero-order valence-electron chi connectivity index (χ0n) is 8.21. The van der Waals surface area contributed by atoms with Crippen LogP contribution in [-0.4, -0.2) is 30.4 Å². The molecule has 2 nitrogen and oxygen atoms in total. The Bertz CT molecular complexity index is 290. The van der Waals surface area contributed by atoms with Crippen LogP contribution in [0.15, 0.2) is 29.3 Å². The summed E-state index contributed by atoms with van der Waals surface area (Å²) in [4.78, 5) is 6.75. The third kappa shape index (κ3) is 1.41. The number of allylic oxidation sites excluding steroid dienone is 1. The minimum Gasteiger partial charge on any atom is -0.364 e. The highest BCUT2D eigenvalue weighted by atomic mass is 15.2. The van der Waals surface area contributed by atoms with Crippen LogP contribution >= 0.6 is 0 Å². The van der Waals surface area contributed by atoms with Crippen molar-refractivity contribution >= 4 is 6.34 Å². The van der Waals surface area contributed by atoms with E-state index in [0.717, 1.165) is 25.8 Å². The van der Waals surface area contributed by atoms with Gasteiger partial charge < -0.3 is 4.90 Å². The normalized spacial score (nSPS) is 33.5. The van der Waals surface area contributed by atoms with Gasteiger partial charge in [0.1, 0.15) is 0 Å². The summed E-state index contributed by atoms with van der Waals surface area (Å²) in [5.74, 6) is 0. The first-order chi connectivity index (χ1) is 6.11. The summed E-state index contributed by atoms with van der Waals surface area (Å²) in [6, 6.07) is 0. The minimum absolute atomic E-state index is 0.132. The highest BCUT2D eigenvalue weighted by molar-refractivity contribution is 5.59. The van der Waals surface area contributed by atoms with Gasteiger partial charge in [0, 0.05) is 13.6 Å². The van der Waals surface area contributed by atoms with E-state index >= 15 is 0 Å². The molecule has 1 aliphatic heterocycles. The lowest BCUT2D eigenvalue weighted by Crippen LogP contribution is -2.36. The number of aliphatic imine (C=N–C) groups is 1. The quantitative estimate of drug-likeness (QED) is 0.551. The molecule has 0 saturated heterocycles. The monoisotopic (exact) mass is 176 g/mol. The van der Waals surface area contributed by atoms with Crippen molar-refractivity contribution in [1.82, 2.24) is 4.90 Å². The zero-order chi connectivity index (χ0) is 9.47. The first-order valence-corrected chi connectivity index (χ1v) is 4.73. The minimum atomic E-state index is 0.132. The molecule has 0 aromatic heterocycles. The van der Waals surface area contributed by atoms with E-state index in [9.17, 15) is 0 Å². The van der Waals surface area contributed by atoms with Crippen molar-refractivity contribution in [3.63, 3.8) is 0 Å². The Balaban J connectivity index is 2.15. The number of nitrogens with zero attached hydrogens (tertiary/aromatic N) is 2. The number of likely N-dealkylation sites (N-methyl/N-ethyl adjacent to an activating group) is 1. The van der Waals surface area contributed by atoms with Gasteiger partial charge in [-0.1, -0.05) is 24.3 Å². The van der Waals surface area contributed by atoms with Gasteiger partial charge in [-0.05, 0) is 19.3 Å². The van der Waals surface area contributed by atoms with Crippen LogP contribution in [0.3, 0.4) is 0 Å². The van der Waals surface area contributed by atoms with Gasteiger partial charge >= 0.3 is 0 Å². The fraction of sp³-hybridized carbons (Fsp3) is 0.545. The van der Waals surface area contributed by atoms with E-state index in [4.69, 9.17) is 0 Å². The van der Waals surface area contributed by atoms with Crippen LogP contribution < -0.4 is 0 Å². The molecule has 1 aliphatic carbocycles. The van der Waals surface area contributed by atoms with Gasteiger partial charge in [0.2, 0.25) is 0 Å². The van der Waals surface area contributed by atoms with Gasteiger partial charge in [0.15, 0.2) is 0 Å². The van der Waals surface area contributed by atoms with Crippen molar-refractivity contribution < 1.29 is 0 Å². The van der Waals surface area contributed by atoms with Crippen LogP contribution in [0.4, 0.5) is 0 Å². The molecule has 1 spiro atoms. The fourth-order valence-corrected chi connectivity index (χ4v) is 2.18. The molecule has 1 fully saturated rings. The Morgan fingerprint density at radius 2 is 2.23 bits per heavy atom.